The molecule has 0 bridgehead atoms. The fourth-order valence-corrected chi connectivity index (χ4v) is 3.04. The Balaban J connectivity index is 1.62. The summed E-state index contributed by atoms with van der Waals surface area (Å²) in [6.45, 7) is 1.99. The molecular formula is C21H20N2O4. The second kappa shape index (κ2) is 6.81. The number of nitrogens with zero attached hydrogens (tertiary/aromatic N) is 2. The molecule has 0 radical (unpaired) electrons. The Morgan fingerprint density at radius 3 is 2.44 bits per heavy atom. The van der Waals surface area contributed by atoms with Crippen molar-refractivity contribution in [2.45, 2.75) is 12.5 Å². The van der Waals surface area contributed by atoms with Gasteiger partial charge in [0.1, 0.15) is 5.60 Å². The zero-order valence-corrected chi connectivity index (χ0v) is 15.4. The highest BCUT2D eigenvalue weighted by molar-refractivity contribution is 5.88. The number of hydroxylamine groups is 2. The van der Waals surface area contributed by atoms with E-state index in [1.54, 1.807) is 32.7 Å². The van der Waals surface area contributed by atoms with Crippen molar-refractivity contribution in [2.24, 2.45) is 0 Å². The van der Waals surface area contributed by atoms with Gasteiger partial charge in [-0.2, -0.15) is 0 Å². The van der Waals surface area contributed by atoms with Crippen LogP contribution >= 0.6 is 0 Å². The summed E-state index contributed by atoms with van der Waals surface area (Å²) in [6.07, 6.45) is 5.40. The molecule has 138 valence electrons. The number of pyridine rings is 1. The predicted octanol–water partition coefficient (Wildman–Crippen LogP) is 4.22. The van der Waals surface area contributed by atoms with E-state index >= 15 is 0 Å². The van der Waals surface area contributed by atoms with E-state index in [9.17, 15) is 0 Å². The first-order valence-electron chi connectivity index (χ1n) is 8.55. The summed E-state index contributed by atoms with van der Waals surface area (Å²) in [5, 5.41) is 2.15. The van der Waals surface area contributed by atoms with Crippen molar-refractivity contribution in [3.8, 4) is 17.2 Å². The van der Waals surface area contributed by atoms with Gasteiger partial charge in [0.05, 0.1) is 25.9 Å². The van der Waals surface area contributed by atoms with E-state index in [2.05, 4.69) is 4.98 Å². The highest BCUT2D eigenvalue weighted by Crippen LogP contribution is 2.37. The molecule has 1 unspecified atom stereocenters. The molecule has 0 fully saturated rings. The maximum absolute atomic E-state index is 6.01. The molecule has 6 heteroatoms. The van der Waals surface area contributed by atoms with Crippen LogP contribution in [0.4, 0.5) is 0 Å². The Bertz CT molecular complexity index is 990. The average molecular weight is 364 g/mol. The van der Waals surface area contributed by atoms with Gasteiger partial charge in [0.2, 0.25) is 0 Å². The summed E-state index contributed by atoms with van der Waals surface area (Å²) in [5.74, 6) is 1.82. The average Bonchev–Trinajstić information content (AvgIpc) is 3.10. The number of aromatic nitrogens is 1. The van der Waals surface area contributed by atoms with E-state index < -0.39 is 5.60 Å². The minimum atomic E-state index is -0.592. The number of hydrogen-bond donors (Lipinski definition) is 0. The second-order valence-corrected chi connectivity index (χ2v) is 6.29. The van der Waals surface area contributed by atoms with Gasteiger partial charge in [-0.1, -0.05) is 35.6 Å². The first-order chi connectivity index (χ1) is 13.1. The van der Waals surface area contributed by atoms with Gasteiger partial charge in [-0.25, -0.2) is 4.84 Å². The number of benzene rings is 2. The van der Waals surface area contributed by atoms with Gasteiger partial charge < -0.3 is 14.3 Å². The van der Waals surface area contributed by atoms with Gasteiger partial charge in [0.15, 0.2) is 17.2 Å². The third-order valence-corrected chi connectivity index (χ3v) is 4.54. The summed E-state index contributed by atoms with van der Waals surface area (Å²) in [6, 6.07) is 15.4. The molecule has 1 aliphatic heterocycles. The van der Waals surface area contributed by atoms with E-state index in [4.69, 9.17) is 19.1 Å². The smallest absolute Gasteiger partial charge is 0.169 e. The lowest BCUT2D eigenvalue weighted by Gasteiger charge is -2.25. The Labute approximate surface area is 157 Å². The minimum Gasteiger partial charge on any atom is -0.493 e. The van der Waals surface area contributed by atoms with Crippen molar-refractivity contribution in [3.05, 3.63) is 72.6 Å². The normalized spacial score (nSPS) is 18.7. The first-order valence-corrected chi connectivity index (χ1v) is 8.55. The van der Waals surface area contributed by atoms with E-state index in [1.165, 1.54) is 5.23 Å². The standard InChI is InChI=1S/C21H20N2O4/c1-21(15-7-5-4-6-8-15)10-12-23(27-21)26-18-9-11-22-17-14-20(25-3)19(24-2)13-16(17)18/h4-14H,1-3H3. The number of ether oxygens (including phenoxy) is 2. The Kier molecular flexibility index (Phi) is 4.33. The van der Waals surface area contributed by atoms with Crippen molar-refractivity contribution in [1.29, 1.82) is 0 Å². The monoisotopic (exact) mass is 364 g/mol. The molecule has 0 N–H and O–H groups in total. The van der Waals surface area contributed by atoms with Crippen LogP contribution in [0.5, 0.6) is 17.2 Å². The van der Waals surface area contributed by atoms with Gasteiger partial charge in [-0.3, -0.25) is 4.98 Å². The maximum Gasteiger partial charge on any atom is 0.169 e. The molecule has 3 aromatic rings. The van der Waals surface area contributed by atoms with Crippen LogP contribution in [0.25, 0.3) is 10.9 Å². The SMILES string of the molecule is COc1cc2nccc(ON3C=CC(C)(c4ccccc4)O3)c2cc1OC. The van der Waals surface area contributed by atoms with E-state index in [0.29, 0.717) is 17.2 Å². The molecule has 27 heavy (non-hydrogen) atoms. The number of rotatable bonds is 5. The molecule has 4 rings (SSSR count). The largest absolute Gasteiger partial charge is 0.493 e. The number of hydrogen-bond acceptors (Lipinski definition) is 6. The van der Waals surface area contributed by atoms with E-state index in [0.717, 1.165) is 16.5 Å². The quantitative estimate of drug-likeness (QED) is 0.676. The zero-order chi connectivity index (χ0) is 18.9. The van der Waals surface area contributed by atoms with Crippen LogP contribution in [0.3, 0.4) is 0 Å². The Morgan fingerprint density at radius 2 is 1.70 bits per heavy atom. The molecule has 2 aromatic carbocycles. The van der Waals surface area contributed by atoms with Gasteiger partial charge >= 0.3 is 0 Å². The first kappa shape index (κ1) is 17.2. The van der Waals surface area contributed by atoms with Crippen LogP contribution < -0.4 is 14.3 Å². The van der Waals surface area contributed by atoms with E-state index in [-0.39, 0.29) is 0 Å². The molecule has 0 saturated heterocycles. The lowest BCUT2D eigenvalue weighted by atomic mass is 9.97. The highest BCUT2D eigenvalue weighted by atomic mass is 17.0. The third kappa shape index (κ3) is 3.15. The van der Waals surface area contributed by atoms with Crippen LogP contribution in [0, 0.1) is 0 Å². The molecule has 1 aromatic heterocycles. The van der Waals surface area contributed by atoms with Crippen LogP contribution in [-0.2, 0) is 10.4 Å². The van der Waals surface area contributed by atoms with Gasteiger partial charge in [0.25, 0.3) is 0 Å². The Hall–Kier alpha value is -3.25. The third-order valence-electron chi connectivity index (χ3n) is 4.54. The lowest BCUT2D eigenvalue weighted by molar-refractivity contribution is -0.311. The second-order valence-electron chi connectivity index (χ2n) is 6.29. The topological polar surface area (TPSA) is 53.1 Å². The minimum absolute atomic E-state index is 0.592. The van der Waals surface area contributed by atoms with Crippen molar-refractivity contribution in [2.75, 3.05) is 14.2 Å². The van der Waals surface area contributed by atoms with Crippen LogP contribution in [0.15, 0.2) is 67.0 Å². The van der Waals surface area contributed by atoms with Gasteiger partial charge in [-0.05, 0) is 24.6 Å². The molecule has 0 saturated carbocycles. The molecule has 6 nitrogen and oxygen atoms in total. The summed E-state index contributed by atoms with van der Waals surface area (Å²) in [5.41, 5.74) is 1.18. The fourth-order valence-electron chi connectivity index (χ4n) is 3.04. The molecule has 0 amide bonds. The van der Waals surface area contributed by atoms with Gasteiger partial charge in [-0.15, -0.1) is 0 Å². The van der Waals surface area contributed by atoms with Crippen LogP contribution in [-0.4, -0.2) is 24.4 Å². The van der Waals surface area contributed by atoms with Crippen LogP contribution in [0.2, 0.25) is 0 Å². The molecule has 0 spiro atoms. The molecule has 0 aliphatic carbocycles. The number of fused-ring (bicyclic) bond motifs is 1. The zero-order valence-electron chi connectivity index (χ0n) is 15.4. The van der Waals surface area contributed by atoms with Crippen LogP contribution in [0.1, 0.15) is 12.5 Å². The summed E-state index contributed by atoms with van der Waals surface area (Å²) in [4.78, 5) is 16.4. The van der Waals surface area contributed by atoms with Crippen molar-refractivity contribution in [1.82, 2.24) is 10.2 Å². The van der Waals surface area contributed by atoms with Gasteiger partial charge in [0, 0.05) is 23.7 Å². The van der Waals surface area contributed by atoms with Crippen molar-refractivity contribution < 1.29 is 19.1 Å². The summed E-state index contributed by atoms with van der Waals surface area (Å²) < 4.78 is 10.7. The molecular weight excluding hydrogens is 344 g/mol. The molecule has 1 atom stereocenters. The van der Waals surface area contributed by atoms with E-state index in [1.807, 2.05) is 55.5 Å². The summed E-state index contributed by atoms with van der Waals surface area (Å²) in [7, 11) is 3.19. The highest BCUT2D eigenvalue weighted by Gasteiger charge is 2.33. The summed E-state index contributed by atoms with van der Waals surface area (Å²) >= 11 is 0. The number of methoxy groups -OCH3 is 2. The maximum atomic E-state index is 6.01. The lowest BCUT2D eigenvalue weighted by Crippen LogP contribution is -2.28. The molecule has 1 aliphatic rings. The van der Waals surface area contributed by atoms with Crippen molar-refractivity contribution in [3.63, 3.8) is 0 Å². The fraction of sp³-hybridized carbons (Fsp3) is 0.190. The van der Waals surface area contributed by atoms with Crippen molar-refractivity contribution >= 4 is 10.9 Å². The molecule has 2 heterocycles. The predicted molar refractivity (Wildman–Crippen MR) is 101 cm³/mol. The Morgan fingerprint density at radius 1 is 0.963 bits per heavy atom.